The van der Waals surface area contributed by atoms with Gasteiger partial charge in [0.25, 0.3) is 0 Å². The molecule has 8 nitrogen and oxygen atoms in total. The van der Waals surface area contributed by atoms with Crippen molar-refractivity contribution in [3.8, 4) is 5.75 Å². The van der Waals surface area contributed by atoms with Gasteiger partial charge in [-0.25, -0.2) is 9.67 Å². The number of nitrogens with zero attached hydrogens (tertiary/aromatic N) is 4. The molecule has 2 aromatic rings. The first-order chi connectivity index (χ1) is 13.6. The fraction of sp³-hybridized carbons (Fsp3) is 0.550. The van der Waals surface area contributed by atoms with Crippen molar-refractivity contribution >= 4 is 5.96 Å². The smallest absolute Gasteiger partial charge is 0.191 e. The third kappa shape index (κ3) is 5.01. The predicted molar refractivity (Wildman–Crippen MR) is 109 cm³/mol. The Morgan fingerprint density at radius 2 is 2.21 bits per heavy atom. The summed E-state index contributed by atoms with van der Waals surface area (Å²) in [6, 6.07) is 6.52. The van der Waals surface area contributed by atoms with Crippen molar-refractivity contribution in [3.63, 3.8) is 0 Å². The number of aryl methyl sites for hydroxylation is 2. The molecule has 0 spiro atoms. The van der Waals surface area contributed by atoms with E-state index in [0.29, 0.717) is 6.61 Å². The first kappa shape index (κ1) is 20.1. The number of hydrogen-bond donors (Lipinski definition) is 2. The summed E-state index contributed by atoms with van der Waals surface area (Å²) in [6.07, 6.45) is 2.76. The first-order valence-corrected chi connectivity index (χ1v) is 9.65. The van der Waals surface area contributed by atoms with E-state index in [-0.39, 0.29) is 6.04 Å². The molecule has 1 unspecified atom stereocenters. The number of aliphatic imine (C=N–C) groups is 1. The van der Waals surface area contributed by atoms with E-state index in [1.807, 2.05) is 10.7 Å². The molecule has 28 heavy (non-hydrogen) atoms. The maximum atomic E-state index is 5.46. The van der Waals surface area contributed by atoms with E-state index < -0.39 is 0 Å². The van der Waals surface area contributed by atoms with Crippen LogP contribution in [0.2, 0.25) is 0 Å². The fourth-order valence-corrected chi connectivity index (χ4v) is 3.47. The average molecular weight is 387 g/mol. The molecule has 0 bridgehead atoms. The SMILES string of the molecule is CN=C(NCCc1cc(C)ccc1OC)NC1CCc2nc(COC)nn2C1. The molecule has 0 aliphatic carbocycles. The molecular weight excluding hydrogens is 356 g/mol. The van der Waals surface area contributed by atoms with Crippen LogP contribution in [0.4, 0.5) is 0 Å². The summed E-state index contributed by atoms with van der Waals surface area (Å²) < 4.78 is 12.6. The van der Waals surface area contributed by atoms with Gasteiger partial charge in [-0.2, -0.15) is 5.10 Å². The summed E-state index contributed by atoms with van der Waals surface area (Å²) in [5, 5.41) is 11.4. The van der Waals surface area contributed by atoms with Gasteiger partial charge in [-0.1, -0.05) is 17.7 Å². The highest BCUT2D eigenvalue weighted by Crippen LogP contribution is 2.19. The van der Waals surface area contributed by atoms with Gasteiger partial charge < -0.3 is 20.1 Å². The molecule has 0 saturated carbocycles. The highest BCUT2D eigenvalue weighted by molar-refractivity contribution is 5.80. The number of rotatable bonds is 7. The van der Waals surface area contributed by atoms with Gasteiger partial charge in [0.1, 0.15) is 18.2 Å². The number of ether oxygens (including phenoxy) is 2. The maximum Gasteiger partial charge on any atom is 0.191 e. The molecule has 1 aliphatic heterocycles. The molecular formula is C20H30N6O2. The predicted octanol–water partition coefficient (Wildman–Crippen LogP) is 1.46. The Kier molecular flexibility index (Phi) is 6.86. The molecule has 1 atom stereocenters. The Bertz CT molecular complexity index is 817. The first-order valence-electron chi connectivity index (χ1n) is 9.65. The van der Waals surface area contributed by atoms with E-state index in [9.17, 15) is 0 Å². The lowest BCUT2D eigenvalue weighted by atomic mass is 10.1. The standard InChI is InChI=1S/C20H30N6O2/c1-14-5-7-17(28-4)15(11-14)9-10-22-20(21-2)23-16-6-8-19-24-18(13-27-3)25-26(19)12-16/h5,7,11,16H,6,8-10,12-13H2,1-4H3,(H2,21,22,23). The molecule has 1 aliphatic rings. The van der Waals surface area contributed by atoms with Crippen molar-refractivity contribution in [2.45, 2.75) is 45.4 Å². The Balaban J connectivity index is 1.52. The average Bonchev–Trinajstić information content (AvgIpc) is 3.09. The van der Waals surface area contributed by atoms with Crippen molar-refractivity contribution in [2.24, 2.45) is 4.99 Å². The van der Waals surface area contributed by atoms with E-state index in [2.05, 4.69) is 44.8 Å². The lowest BCUT2D eigenvalue weighted by molar-refractivity contribution is 0.177. The minimum Gasteiger partial charge on any atom is -0.496 e. The summed E-state index contributed by atoms with van der Waals surface area (Å²) >= 11 is 0. The highest BCUT2D eigenvalue weighted by atomic mass is 16.5. The molecule has 1 aromatic heterocycles. The van der Waals surface area contributed by atoms with Crippen LogP contribution in [0.25, 0.3) is 0 Å². The van der Waals surface area contributed by atoms with Gasteiger partial charge in [0.15, 0.2) is 11.8 Å². The molecule has 2 heterocycles. The van der Waals surface area contributed by atoms with Crippen LogP contribution >= 0.6 is 0 Å². The largest absolute Gasteiger partial charge is 0.496 e. The van der Waals surface area contributed by atoms with Crippen molar-refractivity contribution in [2.75, 3.05) is 27.8 Å². The molecule has 152 valence electrons. The van der Waals surface area contributed by atoms with E-state index in [1.165, 1.54) is 11.1 Å². The van der Waals surface area contributed by atoms with Crippen LogP contribution in [0.1, 0.15) is 29.2 Å². The van der Waals surface area contributed by atoms with Gasteiger partial charge in [-0.15, -0.1) is 0 Å². The summed E-state index contributed by atoms with van der Waals surface area (Å²) in [6.45, 7) is 4.09. The molecule has 0 amide bonds. The van der Waals surface area contributed by atoms with Gasteiger partial charge in [0.2, 0.25) is 0 Å². The molecule has 0 saturated heterocycles. The third-order valence-electron chi connectivity index (χ3n) is 4.86. The second kappa shape index (κ2) is 9.54. The van der Waals surface area contributed by atoms with Crippen molar-refractivity contribution in [3.05, 3.63) is 41.0 Å². The van der Waals surface area contributed by atoms with Crippen LogP contribution in [-0.2, 0) is 30.7 Å². The van der Waals surface area contributed by atoms with Gasteiger partial charge in [0, 0.05) is 33.2 Å². The van der Waals surface area contributed by atoms with Crippen LogP contribution in [0, 0.1) is 6.92 Å². The maximum absolute atomic E-state index is 5.46. The zero-order valence-electron chi connectivity index (χ0n) is 17.2. The highest BCUT2D eigenvalue weighted by Gasteiger charge is 2.22. The third-order valence-corrected chi connectivity index (χ3v) is 4.86. The van der Waals surface area contributed by atoms with Crippen molar-refractivity contribution in [1.29, 1.82) is 0 Å². The summed E-state index contributed by atoms with van der Waals surface area (Å²) in [4.78, 5) is 8.88. The molecule has 3 rings (SSSR count). The monoisotopic (exact) mass is 386 g/mol. The zero-order valence-corrected chi connectivity index (χ0v) is 17.2. The summed E-state index contributed by atoms with van der Waals surface area (Å²) in [5.74, 6) is 3.50. The van der Waals surface area contributed by atoms with E-state index in [4.69, 9.17) is 9.47 Å². The molecule has 8 heteroatoms. The number of nitrogens with one attached hydrogen (secondary N) is 2. The normalized spacial score (nSPS) is 16.6. The van der Waals surface area contributed by atoms with Crippen LogP contribution in [0.5, 0.6) is 5.75 Å². The molecule has 1 aromatic carbocycles. The quantitative estimate of drug-likeness (QED) is 0.554. The number of methoxy groups -OCH3 is 2. The zero-order chi connectivity index (χ0) is 19.9. The second-order valence-electron chi connectivity index (χ2n) is 7.00. The van der Waals surface area contributed by atoms with E-state index in [1.54, 1.807) is 21.3 Å². The Morgan fingerprint density at radius 1 is 1.36 bits per heavy atom. The summed E-state index contributed by atoms with van der Waals surface area (Å²) in [7, 11) is 5.16. The van der Waals surface area contributed by atoms with Gasteiger partial charge in [-0.3, -0.25) is 4.99 Å². The number of guanidine groups is 1. The lowest BCUT2D eigenvalue weighted by Gasteiger charge is -2.25. The molecule has 2 N–H and O–H groups in total. The van der Waals surface area contributed by atoms with Gasteiger partial charge in [-0.05, 0) is 31.4 Å². The molecule has 0 fully saturated rings. The van der Waals surface area contributed by atoms with Gasteiger partial charge >= 0.3 is 0 Å². The van der Waals surface area contributed by atoms with Crippen LogP contribution in [0.3, 0.4) is 0 Å². The van der Waals surface area contributed by atoms with Crippen LogP contribution in [0.15, 0.2) is 23.2 Å². The number of fused-ring (bicyclic) bond motifs is 1. The Labute approximate surface area is 166 Å². The van der Waals surface area contributed by atoms with Crippen LogP contribution < -0.4 is 15.4 Å². The topological polar surface area (TPSA) is 85.6 Å². The number of aromatic nitrogens is 3. The van der Waals surface area contributed by atoms with Crippen LogP contribution in [-0.4, -0.2) is 54.6 Å². The fourth-order valence-electron chi connectivity index (χ4n) is 3.47. The minimum atomic E-state index is 0.268. The summed E-state index contributed by atoms with van der Waals surface area (Å²) in [5.41, 5.74) is 2.43. The molecule has 0 radical (unpaired) electrons. The number of benzene rings is 1. The van der Waals surface area contributed by atoms with E-state index >= 15 is 0 Å². The Hall–Kier alpha value is -2.61. The van der Waals surface area contributed by atoms with E-state index in [0.717, 1.165) is 55.7 Å². The second-order valence-corrected chi connectivity index (χ2v) is 7.00. The Morgan fingerprint density at radius 3 is 2.96 bits per heavy atom. The number of hydrogen-bond acceptors (Lipinski definition) is 5. The minimum absolute atomic E-state index is 0.268. The van der Waals surface area contributed by atoms with Crippen molar-refractivity contribution in [1.82, 2.24) is 25.4 Å². The van der Waals surface area contributed by atoms with Gasteiger partial charge in [0.05, 0.1) is 13.7 Å². The lowest BCUT2D eigenvalue weighted by Crippen LogP contribution is -2.47. The van der Waals surface area contributed by atoms with Crippen molar-refractivity contribution < 1.29 is 9.47 Å².